The number of halogens is 2. The Labute approximate surface area is 155 Å². The average Bonchev–Trinajstić information content (AvgIpc) is 3.15. The number of hydrogen-bond acceptors (Lipinski definition) is 6. The van der Waals surface area contributed by atoms with Crippen molar-refractivity contribution in [3.8, 4) is 10.7 Å². The third kappa shape index (κ3) is 5.26. The van der Waals surface area contributed by atoms with Crippen LogP contribution in [-0.4, -0.2) is 41.7 Å². The van der Waals surface area contributed by atoms with Crippen LogP contribution in [0.1, 0.15) is 25.2 Å². The van der Waals surface area contributed by atoms with E-state index in [1.54, 1.807) is 11.3 Å². The van der Waals surface area contributed by atoms with Gasteiger partial charge in [-0.1, -0.05) is 5.16 Å². The molecular weight excluding hydrogens is 400 g/mol. The van der Waals surface area contributed by atoms with Crippen molar-refractivity contribution < 1.29 is 4.52 Å². The van der Waals surface area contributed by atoms with Gasteiger partial charge in [0.25, 0.3) is 0 Å². The molecule has 0 spiro atoms. The standard InChI is InChI=1S/C15H21BrN4OS.ClH/c1-17-5-2-11-3-6-20(7-4-11)9-14-18-15(19-21-14)13-8-12(16)10-22-13;/h8,10-11,17H,2-7,9H2,1H3;1H. The highest BCUT2D eigenvalue weighted by atomic mass is 79.9. The van der Waals surface area contributed by atoms with E-state index < -0.39 is 0 Å². The Morgan fingerprint density at radius 2 is 2.22 bits per heavy atom. The van der Waals surface area contributed by atoms with Gasteiger partial charge < -0.3 is 9.84 Å². The Morgan fingerprint density at radius 3 is 2.87 bits per heavy atom. The van der Waals surface area contributed by atoms with Crippen LogP contribution in [0.3, 0.4) is 0 Å². The fourth-order valence-corrected chi connectivity index (χ4v) is 4.17. The highest BCUT2D eigenvalue weighted by Crippen LogP contribution is 2.28. The molecule has 0 radical (unpaired) electrons. The van der Waals surface area contributed by atoms with Gasteiger partial charge in [-0.3, -0.25) is 4.90 Å². The van der Waals surface area contributed by atoms with Crippen LogP contribution in [0.5, 0.6) is 0 Å². The van der Waals surface area contributed by atoms with E-state index in [9.17, 15) is 0 Å². The Kier molecular flexibility index (Phi) is 7.49. The van der Waals surface area contributed by atoms with Gasteiger partial charge in [-0.2, -0.15) is 4.98 Å². The van der Waals surface area contributed by atoms with E-state index in [2.05, 4.69) is 36.3 Å². The number of piperidine rings is 1. The van der Waals surface area contributed by atoms with Gasteiger partial charge in [0, 0.05) is 9.85 Å². The maximum Gasteiger partial charge on any atom is 0.241 e. The molecule has 1 fully saturated rings. The van der Waals surface area contributed by atoms with Gasteiger partial charge in [-0.25, -0.2) is 0 Å². The number of aromatic nitrogens is 2. The molecule has 2 aromatic heterocycles. The molecule has 2 aromatic rings. The van der Waals surface area contributed by atoms with Gasteiger partial charge in [0.15, 0.2) is 0 Å². The van der Waals surface area contributed by atoms with E-state index in [0.29, 0.717) is 11.7 Å². The Bertz CT molecular complexity index is 598. The molecule has 1 N–H and O–H groups in total. The number of likely N-dealkylation sites (tertiary alicyclic amines) is 1. The zero-order valence-electron chi connectivity index (χ0n) is 13.1. The summed E-state index contributed by atoms with van der Waals surface area (Å²) in [5.41, 5.74) is 0. The topological polar surface area (TPSA) is 54.2 Å². The van der Waals surface area contributed by atoms with Crippen molar-refractivity contribution in [2.45, 2.75) is 25.8 Å². The molecule has 0 aromatic carbocycles. The molecule has 0 bridgehead atoms. The van der Waals surface area contributed by atoms with Crippen molar-refractivity contribution in [3.05, 3.63) is 21.8 Å². The summed E-state index contributed by atoms with van der Waals surface area (Å²) >= 11 is 5.07. The number of nitrogens with one attached hydrogen (secondary N) is 1. The summed E-state index contributed by atoms with van der Waals surface area (Å²) in [5.74, 6) is 2.26. The van der Waals surface area contributed by atoms with E-state index in [0.717, 1.165) is 41.4 Å². The van der Waals surface area contributed by atoms with Crippen LogP contribution >= 0.6 is 39.7 Å². The fourth-order valence-electron chi connectivity index (χ4n) is 2.82. The van der Waals surface area contributed by atoms with Crippen molar-refractivity contribution >= 4 is 39.7 Å². The summed E-state index contributed by atoms with van der Waals surface area (Å²) in [6.45, 7) is 4.12. The highest BCUT2D eigenvalue weighted by Gasteiger charge is 2.21. The molecule has 23 heavy (non-hydrogen) atoms. The first-order chi connectivity index (χ1) is 10.7. The van der Waals surface area contributed by atoms with Crippen LogP contribution in [0.4, 0.5) is 0 Å². The second-order valence-electron chi connectivity index (χ2n) is 5.75. The Morgan fingerprint density at radius 1 is 1.43 bits per heavy atom. The first-order valence-electron chi connectivity index (χ1n) is 7.68. The quantitative estimate of drug-likeness (QED) is 0.769. The minimum absolute atomic E-state index is 0. The predicted molar refractivity (Wildman–Crippen MR) is 99.1 cm³/mol. The molecule has 0 saturated carbocycles. The molecule has 3 heterocycles. The van der Waals surface area contributed by atoms with Crippen LogP contribution in [0.15, 0.2) is 20.4 Å². The van der Waals surface area contributed by atoms with Crippen LogP contribution in [0.2, 0.25) is 0 Å². The van der Waals surface area contributed by atoms with E-state index >= 15 is 0 Å². The van der Waals surface area contributed by atoms with Gasteiger partial charge >= 0.3 is 0 Å². The molecule has 1 saturated heterocycles. The van der Waals surface area contributed by atoms with Gasteiger partial charge in [-0.15, -0.1) is 23.7 Å². The maximum atomic E-state index is 5.40. The molecule has 128 valence electrons. The van der Waals surface area contributed by atoms with Gasteiger partial charge in [0.1, 0.15) is 0 Å². The monoisotopic (exact) mass is 420 g/mol. The second kappa shape index (κ2) is 9.13. The number of rotatable bonds is 6. The van der Waals surface area contributed by atoms with Crippen molar-refractivity contribution in [1.29, 1.82) is 0 Å². The molecule has 0 aliphatic carbocycles. The molecule has 8 heteroatoms. The Balaban J connectivity index is 0.00000192. The molecule has 3 rings (SSSR count). The van der Waals surface area contributed by atoms with Crippen LogP contribution in [-0.2, 0) is 6.54 Å². The summed E-state index contributed by atoms with van der Waals surface area (Å²) in [6, 6.07) is 2.02. The lowest BCUT2D eigenvalue weighted by molar-refractivity contribution is 0.155. The average molecular weight is 422 g/mol. The third-order valence-electron chi connectivity index (χ3n) is 4.12. The van der Waals surface area contributed by atoms with Crippen molar-refractivity contribution in [3.63, 3.8) is 0 Å². The molecule has 0 amide bonds. The van der Waals surface area contributed by atoms with Gasteiger partial charge in [-0.05, 0) is 73.9 Å². The van der Waals surface area contributed by atoms with Crippen molar-refractivity contribution in [2.75, 3.05) is 26.7 Å². The lowest BCUT2D eigenvalue weighted by Gasteiger charge is -2.30. The lowest BCUT2D eigenvalue weighted by atomic mass is 9.93. The van der Waals surface area contributed by atoms with E-state index in [1.807, 2.05) is 18.5 Å². The van der Waals surface area contributed by atoms with Crippen LogP contribution in [0, 0.1) is 5.92 Å². The molecule has 1 aliphatic heterocycles. The molecule has 0 unspecified atom stereocenters. The van der Waals surface area contributed by atoms with E-state index in [1.165, 1.54) is 19.3 Å². The predicted octanol–water partition coefficient (Wildman–Crippen LogP) is 3.80. The van der Waals surface area contributed by atoms with E-state index in [4.69, 9.17) is 4.52 Å². The Hall–Kier alpha value is -0.470. The molecule has 0 atom stereocenters. The van der Waals surface area contributed by atoms with E-state index in [-0.39, 0.29) is 12.4 Å². The summed E-state index contributed by atoms with van der Waals surface area (Å²) in [4.78, 5) is 7.97. The first kappa shape index (κ1) is 18.9. The van der Waals surface area contributed by atoms with Gasteiger partial charge in [0.05, 0.1) is 11.4 Å². The zero-order valence-corrected chi connectivity index (χ0v) is 16.3. The summed E-state index contributed by atoms with van der Waals surface area (Å²) < 4.78 is 6.46. The number of thiophene rings is 1. The third-order valence-corrected chi connectivity index (χ3v) is 5.81. The van der Waals surface area contributed by atoms with Crippen LogP contribution in [0.25, 0.3) is 10.7 Å². The maximum absolute atomic E-state index is 5.40. The smallest absolute Gasteiger partial charge is 0.241 e. The second-order valence-corrected chi connectivity index (χ2v) is 7.58. The summed E-state index contributed by atoms with van der Waals surface area (Å²) in [7, 11) is 2.02. The molecule has 1 aliphatic rings. The van der Waals surface area contributed by atoms with Gasteiger partial charge in [0.2, 0.25) is 11.7 Å². The first-order valence-corrected chi connectivity index (χ1v) is 9.36. The molecule has 5 nitrogen and oxygen atoms in total. The fraction of sp³-hybridized carbons (Fsp3) is 0.600. The zero-order chi connectivity index (χ0) is 15.4. The SMILES string of the molecule is CNCCC1CCN(Cc2nc(-c3cc(Br)cs3)no2)CC1.Cl. The normalized spacial score (nSPS) is 16.4. The van der Waals surface area contributed by atoms with Crippen molar-refractivity contribution in [1.82, 2.24) is 20.4 Å². The number of hydrogen-bond donors (Lipinski definition) is 1. The van der Waals surface area contributed by atoms with Crippen LogP contribution < -0.4 is 5.32 Å². The molecular formula is C15H22BrClN4OS. The highest BCUT2D eigenvalue weighted by molar-refractivity contribution is 9.10. The minimum atomic E-state index is 0. The number of nitrogens with zero attached hydrogens (tertiary/aromatic N) is 3. The summed E-state index contributed by atoms with van der Waals surface area (Å²) in [6.07, 6.45) is 3.81. The lowest BCUT2D eigenvalue weighted by Crippen LogP contribution is -2.34. The van der Waals surface area contributed by atoms with Crippen molar-refractivity contribution in [2.24, 2.45) is 5.92 Å². The largest absolute Gasteiger partial charge is 0.338 e. The summed E-state index contributed by atoms with van der Waals surface area (Å²) in [5, 5.41) is 9.36. The minimum Gasteiger partial charge on any atom is -0.338 e.